The number of amides is 2. The lowest BCUT2D eigenvalue weighted by atomic mass is 10.00. The number of hydrogen-bond donors (Lipinski definition) is 1. The van der Waals surface area contributed by atoms with Gasteiger partial charge in [0.2, 0.25) is 11.8 Å². The van der Waals surface area contributed by atoms with Crippen LogP contribution in [-0.4, -0.2) is 35.3 Å². The average Bonchev–Trinajstić information content (AvgIpc) is 2.79. The van der Waals surface area contributed by atoms with Crippen molar-refractivity contribution < 1.29 is 19.1 Å². The van der Waals surface area contributed by atoms with Crippen molar-refractivity contribution in [2.45, 2.75) is 46.4 Å². The molecule has 6 nitrogen and oxygen atoms in total. The molecule has 0 heterocycles. The normalized spacial score (nSPS) is 11.5. The van der Waals surface area contributed by atoms with Gasteiger partial charge in [-0.2, -0.15) is 0 Å². The Bertz CT molecular complexity index is 910. The second-order valence-electron chi connectivity index (χ2n) is 8.21. The molecule has 2 aromatic rings. The molecule has 0 saturated carbocycles. The molecule has 32 heavy (non-hydrogen) atoms. The molecule has 0 aliphatic heterocycles. The molecule has 0 unspecified atom stereocenters. The van der Waals surface area contributed by atoms with Crippen molar-refractivity contribution in [2.24, 2.45) is 5.92 Å². The molecule has 0 aromatic heterocycles. The number of carbonyl (C=O) groups is 3. The first kappa shape index (κ1) is 24.9. The minimum atomic E-state index is -0.735. The van der Waals surface area contributed by atoms with Crippen LogP contribution < -0.4 is 5.32 Å². The highest BCUT2D eigenvalue weighted by Gasteiger charge is 2.31. The molecule has 170 valence electrons. The minimum Gasteiger partial charge on any atom is -0.460 e. The van der Waals surface area contributed by atoms with Crippen molar-refractivity contribution in [1.29, 1.82) is 0 Å². The summed E-state index contributed by atoms with van der Waals surface area (Å²) < 4.78 is 5.23. The number of rotatable bonds is 11. The van der Waals surface area contributed by atoms with Crippen molar-refractivity contribution in [3.8, 4) is 0 Å². The van der Waals surface area contributed by atoms with Crippen LogP contribution in [0.3, 0.4) is 0 Å². The fraction of sp³-hybridized carbons (Fsp3) is 0.346. The number of carbonyl (C=O) groups excluding carboxylic acids is 3. The van der Waals surface area contributed by atoms with Gasteiger partial charge in [-0.1, -0.05) is 81.1 Å². The summed E-state index contributed by atoms with van der Waals surface area (Å²) in [7, 11) is 0. The summed E-state index contributed by atoms with van der Waals surface area (Å²) in [6.45, 7) is 9.52. The van der Waals surface area contributed by atoms with Gasteiger partial charge in [-0.15, -0.1) is 0 Å². The third-order valence-electron chi connectivity index (χ3n) is 4.84. The van der Waals surface area contributed by atoms with E-state index in [1.54, 1.807) is 6.92 Å². The molecule has 0 bridgehead atoms. The van der Waals surface area contributed by atoms with Crippen LogP contribution in [0.15, 0.2) is 72.8 Å². The minimum absolute atomic E-state index is 0.138. The third kappa shape index (κ3) is 8.02. The van der Waals surface area contributed by atoms with Gasteiger partial charge < -0.3 is 15.0 Å². The van der Waals surface area contributed by atoms with Gasteiger partial charge in [0.25, 0.3) is 0 Å². The summed E-state index contributed by atoms with van der Waals surface area (Å²) in [6.07, 6.45) is 0.455. The van der Waals surface area contributed by atoms with Crippen LogP contribution in [0.1, 0.15) is 38.3 Å². The van der Waals surface area contributed by atoms with E-state index in [4.69, 9.17) is 4.74 Å². The largest absolute Gasteiger partial charge is 0.460 e. The van der Waals surface area contributed by atoms with Gasteiger partial charge in [0.05, 0.1) is 0 Å². The SMILES string of the molecule is C=C(C)C(=O)N(Cc1ccccc1)[C@@H](CC(C)C)C(=O)NCC(=O)OCc1ccccc1. The van der Waals surface area contributed by atoms with E-state index in [9.17, 15) is 14.4 Å². The molecule has 0 saturated heterocycles. The summed E-state index contributed by atoms with van der Waals surface area (Å²) in [4.78, 5) is 39.7. The Morgan fingerprint density at radius 1 is 0.969 bits per heavy atom. The van der Waals surface area contributed by atoms with Gasteiger partial charge in [-0.25, -0.2) is 0 Å². The highest BCUT2D eigenvalue weighted by atomic mass is 16.5. The van der Waals surface area contributed by atoms with Crippen LogP contribution in [0, 0.1) is 5.92 Å². The second kappa shape index (κ2) is 12.4. The molecule has 0 aliphatic carbocycles. The lowest BCUT2D eigenvalue weighted by molar-refractivity contribution is -0.146. The van der Waals surface area contributed by atoms with E-state index >= 15 is 0 Å². The summed E-state index contributed by atoms with van der Waals surface area (Å²) in [5.41, 5.74) is 2.13. The average molecular weight is 437 g/mol. The molecule has 0 radical (unpaired) electrons. The van der Waals surface area contributed by atoms with Crippen molar-refractivity contribution in [2.75, 3.05) is 6.54 Å². The van der Waals surface area contributed by atoms with Crippen molar-refractivity contribution in [1.82, 2.24) is 10.2 Å². The monoisotopic (exact) mass is 436 g/mol. The maximum absolute atomic E-state index is 13.1. The second-order valence-corrected chi connectivity index (χ2v) is 8.21. The number of benzene rings is 2. The molecule has 1 N–H and O–H groups in total. The van der Waals surface area contributed by atoms with E-state index in [1.807, 2.05) is 74.5 Å². The Hall–Kier alpha value is -3.41. The van der Waals surface area contributed by atoms with E-state index in [0.717, 1.165) is 11.1 Å². The number of hydrogen-bond acceptors (Lipinski definition) is 4. The summed E-state index contributed by atoms with van der Waals surface area (Å²) in [6, 6.07) is 18.1. The van der Waals surface area contributed by atoms with Gasteiger partial charge >= 0.3 is 5.97 Å². The number of ether oxygens (including phenoxy) is 1. The first-order valence-corrected chi connectivity index (χ1v) is 10.8. The van der Waals surface area contributed by atoms with Gasteiger partial charge in [-0.3, -0.25) is 14.4 Å². The molecule has 2 rings (SSSR count). The van der Waals surface area contributed by atoms with E-state index in [0.29, 0.717) is 12.0 Å². The molecule has 0 spiro atoms. The number of esters is 1. The van der Waals surface area contributed by atoms with Gasteiger partial charge in [0.1, 0.15) is 19.2 Å². The lowest BCUT2D eigenvalue weighted by Gasteiger charge is -2.32. The molecule has 0 aliphatic rings. The highest BCUT2D eigenvalue weighted by molar-refractivity contribution is 5.96. The van der Waals surface area contributed by atoms with Crippen molar-refractivity contribution in [3.05, 3.63) is 83.9 Å². The van der Waals surface area contributed by atoms with Gasteiger partial charge in [0.15, 0.2) is 0 Å². The van der Waals surface area contributed by atoms with E-state index in [1.165, 1.54) is 4.90 Å². The fourth-order valence-electron chi connectivity index (χ4n) is 3.24. The topological polar surface area (TPSA) is 75.7 Å². The summed E-state index contributed by atoms with van der Waals surface area (Å²) in [5, 5.41) is 2.65. The predicted molar refractivity (Wildman–Crippen MR) is 124 cm³/mol. The standard InChI is InChI=1S/C26H32N2O4/c1-19(2)15-23(28(26(31)20(3)4)17-21-11-7-5-8-12-21)25(30)27-16-24(29)32-18-22-13-9-6-10-14-22/h5-14,19,23H,3,15-18H2,1-2,4H3,(H,27,30)/t23-/m0/s1. The zero-order chi connectivity index (χ0) is 23.5. The maximum atomic E-state index is 13.1. The third-order valence-corrected chi connectivity index (χ3v) is 4.84. The Balaban J connectivity index is 2.08. The number of nitrogens with zero attached hydrogens (tertiary/aromatic N) is 1. The molecule has 1 atom stereocenters. The molecular weight excluding hydrogens is 404 g/mol. The molecular formula is C26H32N2O4. The molecule has 2 aromatic carbocycles. The first-order chi connectivity index (χ1) is 15.3. The van der Waals surface area contributed by atoms with Crippen LogP contribution in [-0.2, 0) is 32.3 Å². The zero-order valence-corrected chi connectivity index (χ0v) is 19.0. The highest BCUT2D eigenvalue weighted by Crippen LogP contribution is 2.18. The Morgan fingerprint density at radius 3 is 2.06 bits per heavy atom. The molecule has 0 fully saturated rings. The maximum Gasteiger partial charge on any atom is 0.325 e. The predicted octanol–water partition coefficient (Wildman–Crippen LogP) is 3.87. The van der Waals surface area contributed by atoms with Crippen LogP contribution in [0.2, 0.25) is 0 Å². The lowest BCUT2D eigenvalue weighted by Crippen LogP contribution is -2.51. The Morgan fingerprint density at radius 2 is 1.53 bits per heavy atom. The van der Waals surface area contributed by atoms with Crippen molar-refractivity contribution >= 4 is 17.8 Å². The van der Waals surface area contributed by atoms with Gasteiger partial charge in [0, 0.05) is 12.1 Å². The first-order valence-electron chi connectivity index (χ1n) is 10.8. The quantitative estimate of drug-likeness (QED) is 0.429. The zero-order valence-electron chi connectivity index (χ0n) is 19.0. The van der Waals surface area contributed by atoms with Gasteiger partial charge in [-0.05, 0) is 30.4 Å². The summed E-state index contributed by atoms with van der Waals surface area (Å²) in [5.74, 6) is -1.06. The van der Waals surface area contributed by atoms with Crippen molar-refractivity contribution in [3.63, 3.8) is 0 Å². The van der Waals surface area contributed by atoms with Crippen LogP contribution in [0.5, 0.6) is 0 Å². The number of nitrogens with one attached hydrogen (secondary N) is 1. The summed E-state index contributed by atoms with van der Waals surface area (Å²) >= 11 is 0. The van der Waals surface area contributed by atoms with Crippen LogP contribution in [0.4, 0.5) is 0 Å². The van der Waals surface area contributed by atoms with Crippen LogP contribution >= 0.6 is 0 Å². The molecule has 2 amide bonds. The fourth-order valence-corrected chi connectivity index (χ4v) is 3.24. The Kier molecular flexibility index (Phi) is 9.67. The Labute approximate surface area is 190 Å². The van der Waals surface area contributed by atoms with Crippen LogP contribution in [0.25, 0.3) is 0 Å². The smallest absolute Gasteiger partial charge is 0.325 e. The molecule has 6 heteroatoms. The van der Waals surface area contributed by atoms with E-state index in [-0.39, 0.29) is 37.4 Å². The van der Waals surface area contributed by atoms with E-state index < -0.39 is 12.0 Å². The van der Waals surface area contributed by atoms with E-state index in [2.05, 4.69) is 11.9 Å².